The van der Waals surface area contributed by atoms with Crippen LogP contribution in [0.3, 0.4) is 0 Å². The van der Waals surface area contributed by atoms with Crippen LogP contribution in [0.4, 0.5) is 5.82 Å². The first kappa shape index (κ1) is 14.7. The fourth-order valence-electron chi connectivity index (χ4n) is 3.03. The molecule has 2 aromatic rings. The second-order valence-electron chi connectivity index (χ2n) is 5.88. The molecule has 3 rings (SSSR count). The monoisotopic (exact) mass is 299 g/mol. The van der Waals surface area contributed by atoms with E-state index in [1.807, 2.05) is 13.0 Å². The lowest BCUT2D eigenvalue weighted by molar-refractivity contribution is 0.101. The van der Waals surface area contributed by atoms with Crippen molar-refractivity contribution in [2.75, 3.05) is 11.4 Å². The van der Waals surface area contributed by atoms with Crippen LogP contribution in [0.1, 0.15) is 49.2 Å². The van der Waals surface area contributed by atoms with Gasteiger partial charge in [-0.2, -0.15) is 5.10 Å². The van der Waals surface area contributed by atoms with Crippen LogP contribution in [0, 0.1) is 6.92 Å². The zero-order valence-electron chi connectivity index (χ0n) is 13.3. The van der Waals surface area contributed by atoms with Gasteiger partial charge in [-0.1, -0.05) is 0 Å². The maximum atomic E-state index is 11.6. The van der Waals surface area contributed by atoms with E-state index in [4.69, 9.17) is 0 Å². The predicted molar refractivity (Wildman–Crippen MR) is 84.6 cm³/mol. The van der Waals surface area contributed by atoms with E-state index in [0.29, 0.717) is 17.4 Å². The molecule has 0 bridgehead atoms. The van der Waals surface area contributed by atoms with Gasteiger partial charge in [-0.25, -0.2) is 14.6 Å². The molecule has 0 saturated carbocycles. The Bertz CT molecular complexity index is 694. The molecular weight excluding hydrogens is 278 g/mol. The van der Waals surface area contributed by atoms with Crippen LogP contribution in [0.2, 0.25) is 0 Å². The fourth-order valence-corrected chi connectivity index (χ4v) is 3.03. The zero-order valence-corrected chi connectivity index (χ0v) is 13.3. The van der Waals surface area contributed by atoms with Crippen LogP contribution < -0.4 is 4.90 Å². The third-order valence-corrected chi connectivity index (χ3v) is 4.34. The van der Waals surface area contributed by atoms with Crippen molar-refractivity contribution in [3.8, 4) is 5.82 Å². The molecule has 1 aliphatic rings. The zero-order chi connectivity index (χ0) is 15.7. The standard InChI is InChI=1S/C16H21N5O/c1-11-6-4-5-7-20(11)15-8-16(18-10-17-15)21-12(2)14(9-19-21)13(3)22/h8-11H,4-7H2,1-3H3. The van der Waals surface area contributed by atoms with Crippen molar-refractivity contribution < 1.29 is 4.79 Å². The first-order valence-corrected chi connectivity index (χ1v) is 7.72. The Labute approximate surface area is 130 Å². The Morgan fingerprint density at radius 1 is 1.27 bits per heavy atom. The summed E-state index contributed by atoms with van der Waals surface area (Å²) in [5, 5.41) is 4.30. The highest BCUT2D eigenvalue weighted by molar-refractivity contribution is 5.95. The highest BCUT2D eigenvalue weighted by Gasteiger charge is 2.21. The molecule has 6 nitrogen and oxygen atoms in total. The second-order valence-corrected chi connectivity index (χ2v) is 5.88. The number of ketones is 1. The predicted octanol–water partition coefficient (Wildman–Crippen LogP) is 2.55. The number of Topliss-reactive ketones (excluding diaryl/α,β-unsaturated/α-hetero) is 1. The van der Waals surface area contributed by atoms with Crippen molar-refractivity contribution in [1.29, 1.82) is 0 Å². The van der Waals surface area contributed by atoms with Gasteiger partial charge in [-0.05, 0) is 40.0 Å². The topological polar surface area (TPSA) is 63.9 Å². The van der Waals surface area contributed by atoms with Gasteiger partial charge in [0.1, 0.15) is 12.1 Å². The van der Waals surface area contributed by atoms with Crippen LogP contribution in [0.5, 0.6) is 0 Å². The summed E-state index contributed by atoms with van der Waals surface area (Å²) in [5.41, 5.74) is 1.44. The molecule has 22 heavy (non-hydrogen) atoms. The van der Waals surface area contributed by atoms with Gasteiger partial charge in [-0.3, -0.25) is 4.79 Å². The third kappa shape index (κ3) is 2.61. The van der Waals surface area contributed by atoms with E-state index >= 15 is 0 Å². The quantitative estimate of drug-likeness (QED) is 0.815. The number of hydrogen-bond acceptors (Lipinski definition) is 5. The molecule has 0 amide bonds. The van der Waals surface area contributed by atoms with E-state index in [1.165, 1.54) is 19.3 Å². The van der Waals surface area contributed by atoms with Crippen molar-refractivity contribution in [1.82, 2.24) is 19.7 Å². The summed E-state index contributed by atoms with van der Waals surface area (Å²) in [5.74, 6) is 1.65. The number of carbonyl (C=O) groups is 1. The molecule has 1 fully saturated rings. The van der Waals surface area contributed by atoms with Gasteiger partial charge in [0.05, 0.1) is 17.5 Å². The number of carbonyl (C=O) groups excluding carboxylic acids is 1. The third-order valence-electron chi connectivity index (χ3n) is 4.34. The molecule has 1 aliphatic heterocycles. The SMILES string of the molecule is CC(=O)c1cnn(-c2cc(N3CCCCC3C)ncn2)c1C. The molecule has 0 N–H and O–H groups in total. The van der Waals surface area contributed by atoms with Crippen LogP contribution in [0.15, 0.2) is 18.6 Å². The van der Waals surface area contributed by atoms with Crippen LogP contribution >= 0.6 is 0 Å². The van der Waals surface area contributed by atoms with Gasteiger partial charge in [0.2, 0.25) is 0 Å². The van der Waals surface area contributed by atoms with Gasteiger partial charge in [0.15, 0.2) is 11.6 Å². The Morgan fingerprint density at radius 2 is 2.05 bits per heavy atom. The van der Waals surface area contributed by atoms with Crippen LogP contribution in [-0.4, -0.2) is 38.1 Å². The van der Waals surface area contributed by atoms with Gasteiger partial charge >= 0.3 is 0 Å². The number of piperidine rings is 1. The summed E-state index contributed by atoms with van der Waals surface area (Å²) in [6, 6.07) is 2.44. The lowest BCUT2D eigenvalue weighted by Gasteiger charge is -2.34. The highest BCUT2D eigenvalue weighted by atomic mass is 16.1. The Balaban J connectivity index is 1.96. The first-order chi connectivity index (χ1) is 10.6. The smallest absolute Gasteiger partial charge is 0.163 e. The number of aromatic nitrogens is 4. The summed E-state index contributed by atoms with van der Waals surface area (Å²) in [7, 11) is 0. The summed E-state index contributed by atoms with van der Waals surface area (Å²) in [6.07, 6.45) is 6.83. The number of anilines is 1. The average Bonchev–Trinajstić information content (AvgIpc) is 2.90. The lowest BCUT2D eigenvalue weighted by Crippen LogP contribution is -2.38. The molecule has 0 spiro atoms. The molecule has 0 aliphatic carbocycles. The first-order valence-electron chi connectivity index (χ1n) is 7.72. The van der Waals surface area contributed by atoms with E-state index in [9.17, 15) is 4.79 Å². The molecule has 2 aromatic heterocycles. The maximum Gasteiger partial charge on any atom is 0.163 e. The van der Waals surface area contributed by atoms with Crippen molar-refractivity contribution in [3.63, 3.8) is 0 Å². The minimum atomic E-state index is 0.0164. The second kappa shape index (κ2) is 5.87. The van der Waals surface area contributed by atoms with E-state index in [2.05, 4.69) is 26.9 Å². The van der Waals surface area contributed by atoms with E-state index in [-0.39, 0.29) is 5.78 Å². The minimum absolute atomic E-state index is 0.0164. The van der Waals surface area contributed by atoms with Gasteiger partial charge in [0, 0.05) is 18.7 Å². The van der Waals surface area contributed by atoms with Crippen molar-refractivity contribution in [3.05, 3.63) is 29.8 Å². The van der Waals surface area contributed by atoms with E-state index in [0.717, 1.165) is 18.1 Å². The molecule has 1 atom stereocenters. The van der Waals surface area contributed by atoms with Gasteiger partial charge in [0.25, 0.3) is 0 Å². The molecule has 6 heteroatoms. The summed E-state index contributed by atoms with van der Waals surface area (Å²) < 4.78 is 1.70. The summed E-state index contributed by atoms with van der Waals surface area (Å²) in [4.78, 5) is 22.6. The average molecular weight is 299 g/mol. The van der Waals surface area contributed by atoms with Crippen LogP contribution in [-0.2, 0) is 0 Å². The fraction of sp³-hybridized carbons (Fsp3) is 0.500. The number of nitrogens with zero attached hydrogens (tertiary/aromatic N) is 5. The molecule has 0 aromatic carbocycles. The Morgan fingerprint density at radius 3 is 2.73 bits per heavy atom. The lowest BCUT2D eigenvalue weighted by atomic mass is 10.0. The summed E-state index contributed by atoms with van der Waals surface area (Å²) in [6.45, 7) is 6.69. The Hall–Kier alpha value is -2.24. The maximum absolute atomic E-state index is 11.6. The Kier molecular flexibility index (Phi) is 3.92. The number of hydrogen-bond donors (Lipinski definition) is 0. The van der Waals surface area contributed by atoms with Gasteiger partial charge < -0.3 is 4.90 Å². The van der Waals surface area contributed by atoms with Gasteiger partial charge in [-0.15, -0.1) is 0 Å². The van der Waals surface area contributed by atoms with E-state index < -0.39 is 0 Å². The molecule has 1 unspecified atom stereocenters. The number of rotatable bonds is 3. The molecule has 0 radical (unpaired) electrons. The minimum Gasteiger partial charge on any atom is -0.354 e. The van der Waals surface area contributed by atoms with Crippen molar-refractivity contribution >= 4 is 11.6 Å². The van der Waals surface area contributed by atoms with Crippen LogP contribution in [0.25, 0.3) is 5.82 Å². The van der Waals surface area contributed by atoms with E-state index in [1.54, 1.807) is 24.1 Å². The normalized spacial score (nSPS) is 18.5. The summed E-state index contributed by atoms with van der Waals surface area (Å²) >= 11 is 0. The molecule has 1 saturated heterocycles. The van der Waals surface area contributed by atoms with Crippen molar-refractivity contribution in [2.45, 2.75) is 46.1 Å². The molecule has 3 heterocycles. The molecular formula is C16H21N5O. The highest BCUT2D eigenvalue weighted by Crippen LogP contribution is 2.24. The largest absolute Gasteiger partial charge is 0.354 e. The van der Waals surface area contributed by atoms with Crippen molar-refractivity contribution in [2.24, 2.45) is 0 Å². The molecule has 116 valence electrons.